The van der Waals surface area contributed by atoms with Gasteiger partial charge in [0.15, 0.2) is 0 Å². The first kappa shape index (κ1) is 14.8. The van der Waals surface area contributed by atoms with E-state index in [0.717, 1.165) is 31.9 Å². The molecule has 1 amide bonds. The molecule has 2 aromatic rings. The number of hydrogen-bond donors (Lipinski definition) is 1. The standard InChI is InChI=1S/C16H17ClN4O/c17-13-4-2-12(3-5-13)15(22)20-14-6-10-21(11-7-14)16-18-8-1-9-19-16/h1-5,8-9,14H,6-7,10-11H2,(H,20,22). The Morgan fingerprint density at radius 3 is 2.41 bits per heavy atom. The second-order valence-electron chi connectivity index (χ2n) is 5.29. The molecule has 1 aromatic heterocycles. The molecule has 22 heavy (non-hydrogen) atoms. The quantitative estimate of drug-likeness (QED) is 0.945. The van der Waals surface area contributed by atoms with E-state index in [1.807, 2.05) is 6.07 Å². The summed E-state index contributed by atoms with van der Waals surface area (Å²) in [5, 5.41) is 3.71. The molecule has 0 unspecified atom stereocenters. The third-order valence-electron chi connectivity index (χ3n) is 3.77. The summed E-state index contributed by atoms with van der Waals surface area (Å²) in [6, 6.07) is 8.93. The normalized spacial score (nSPS) is 15.6. The van der Waals surface area contributed by atoms with Crippen molar-refractivity contribution < 1.29 is 4.79 Å². The molecule has 1 saturated heterocycles. The lowest BCUT2D eigenvalue weighted by Crippen LogP contribution is -2.45. The maximum atomic E-state index is 12.2. The molecule has 5 nitrogen and oxygen atoms in total. The first-order valence-corrected chi connectivity index (χ1v) is 7.68. The monoisotopic (exact) mass is 316 g/mol. The molecular formula is C16H17ClN4O. The average molecular weight is 317 g/mol. The number of rotatable bonds is 3. The molecular weight excluding hydrogens is 300 g/mol. The number of nitrogens with zero attached hydrogens (tertiary/aromatic N) is 3. The van der Waals surface area contributed by atoms with Crippen molar-refractivity contribution in [1.29, 1.82) is 0 Å². The van der Waals surface area contributed by atoms with Crippen LogP contribution in [0.5, 0.6) is 0 Å². The number of benzene rings is 1. The molecule has 114 valence electrons. The highest BCUT2D eigenvalue weighted by Crippen LogP contribution is 2.16. The minimum Gasteiger partial charge on any atom is -0.349 e. The highest BCUT2D eigenvalue weighted by Gasteiger charge is 2.22. The largest absolute Gasteiger partial charge is 0.349 e. The van der Waals surface area contributed by atoms with Crippen molar-refractivity contribution in [1.82, 2.24) is 15.3 Å². The Hall–Kier alpha value is -2.14. The molecule has 0 spiro atoms. The molecule has 0 saturated carbocycles. The Bertz CT molecular complexity index is 624. The van der Waals surface area contributed by atoms with Crippen molar-refractivity contribution in [3.8, 4) is 0 Å². The minimum absolute atomic E-state index is 0.0499. The van der Waals surface area contributed by atoms with Crippen molar-refractivity contribution >= 4 is 23.5 Å². The summed E-state index contributed by atoms with van der Waals surface area (Å²) in [6.07, 6.45) is 5.27. The Kier molecular flexibility index (Phi) is 4.53. The number of piperidine rings is 1. The van der Waals surface area contributed by atoms with Gasteiger partial charge in [-0.1, -0.05) is 11.6 Å². The van der Waals surface area contributed by atoms with E-state index in [1.54, 1.807) is 36.7 Å². The number of halogens is 1. The van der Waals surface area contributed by atoms with Gasteiger partial charge in [-0.25, -0.2) is 9.97 Å². The summed E-state index contributed by atoms with van der Waals surface area (Å²) in [6.45, 7) is 1.69. The lowest BCUT2D eigenvalue weighted by Gasteiger charge is -2.32. The Balaban J connectivity index is 1.53. The minimum atomic E-state index is -0.0499. The Morgan fingerprint density at radius 1 is 1.14 bits per heavy atom. The summed E-state index contributed by atoms with van der Waals surface area (Å²) in [5.41, 5.74) is 0.637. The van der Waals surface area contributed by atoms with Crippen molar-refractivity contribution in [2.24, 2.45) is 0 Å². The van der Waals surface area contributed by atoms with Gasteiger partial charge in [-0.05, 0) is 43.2 Å². The lowest BCUT2D eigenvalue weighted by atomic mass is 10.0. The second-order valence-corrected chi connectivity index (χ2v) is 5.73. The van der Waals surface area contributed by atoms with Crippen LogP contribution >= 0.6 is 11.6 Å². The third kappa shape index (κ3) is 3.54. The van der Waals surface area contributed by atoms with Crippen LogP contribution in [0.2, 0.25) is 5.02 Å². The van der Waals surface area contributed by atoms with Crippen LogP contribution < -0.4 is 10.2 Å². The van der Waals surface area contributed by atoms with Crippen molar-refractivity contribution in [2.75, 3.05) is 18.0 Å². The molecule has 1 aromatic carbocycles. The van der Waals surface area contributed by atoms with E-state index in [2.05, 4.69) is 20.2 Å². The molecule has 1 aliphatic rings. The van der Waals surface area contributed by atoms with E-state index in [4.69, 9.17) is 11.6 Å². The first-order valence-electron chi connectivity index (χ1n) is 7.31. The highest BCUT2D eigenvalue weighted by molar-refractivity contribution is 6.30. The Morgan fingerprint density at radius 2 is 1.77 bits per heavy atom. The van der Waals surface area contributed by atoms with E-state index in [1.165, 1.54) is 0 Å². The van der Waals surface area contributed by atoms with Gasteiger partial charge in [0.25, 0.3) is 5.91 Å². The van der Waals surface area contributed by atoms with Crippen LogP contribution in [0, 0.1) is 0 Å². The van der Waals surface area contributed by atoms with Crippen LogP contribution in [0.25, 0.3) is 0 Å². The molecule has 0 radical (unpaired) electrons. The van der Waals surface area contributed by atoms with Crippen molar-refractivity contribution in [3.63, 3.8) is 0 Å². The lowest BCUT2D eigenvalue weighted by molar-refractivity contribution is 0.0931. The van der Waals surface area contributed by atoms with Crippen LogP contribution in [-0.2, 0) is 0 Å². The van der Waals surface area contributed by atoms with E-state index in [0.29, 0.717) is 10.6 Å². The fourth-order valence-electron chi connectivity index (χ4n) is 2.55. The summed E-state index contributed by atoms with van der Waals surface area (Å²) in [7, 11) is 0. The van der Waals surface area contributed by atoms with Crippen LogP contribution in [0.4, 0.5) is 5.95 Å². The molecule has 1 N–H and O–H groups in total. The molecule has 1 fully saturated rings. The number of anilines is 1. The smallest absolute Gasteiger partial charge is 0.251 e. The van der Waals surface area contributed by atoms with Crippen molar-refractivity contribution in [2.45, 2.75) is 18.9 Å². The highest BCUT2D eigenvalue weighted by atomic mass is 35.5. The summed E-state index contributed by atoms with van der Waals surface area (Å²) in [4.78, 5) is 22.8. The van der Waals surface area contributed by atoms with E-state index in [-0.39, 0.29) is 11.9 Å². The number of carbonyl (C=O) groups is 1. The first-order chi connectivity index (χ1) is 10.7. The number of aromatic nitrogens is 2. The van der Waals surface area contributed by atoms with Crippen molar-refractivity contribution in [3.05, 3.63) is 53.3 Å². The van der Waals surface area contributed by atoms with Gasteiger partial charge in [-0.3, -0.25) is 4.79 Å². The summed E-state index contributed by atoms with van der Waals surface area (Å²) in [5.74, 6) is 0.705. The van der Waals surface area contributed by atoms with E-state index in [9.17, 15) is 4.79 Å². The zero-order valence-corrected chi connectivity index (χ0v) is 12.8. The molecule has 0 atom stereocenters. The SMILES string of the molecule is O=C(NC1CCN(c2ncccn2)CC1)c1ccc(Cl)cc1. The average Bonchev–Trinajstić information content (AvgIpc) is 2.57. The fourth-order valence-corrected chi connectivity index (χ4v) is 2.67. The number of hydrogen-bond acceptors (Lipinski definition) is 4. The predicted octanol–water partition coefficient (Wildman–Crippen LogP) is 2.53. The van der Waals surface area contributed by atoms with Gasteiger partial charge in [0.05, 0.1) is 0 Å². The van der Waals surface area contributed by atoms with Gasteiger partial charge in [0.2, 0.25) is 5.95 Å². The summed E-state index contributed by atoms with van der Waals surface area (Å²) >= 11 is 5.83. The number of amides is 1. The molecule has 0 aliphatic carbocycles. The van der Waals surface area contributed by atoms with E-state index >= 15 is 0 Å². The fraction of sp³-hybridized carbons (Fsp3) is 0.312. The van der Waals surface area contributed by atoms with Gasteiger partial charge in [-0.15, -0.1) is 0 Å². The Labute approximate surface area is 134 Å². The van der Waals surface area contributed by atoms with Gasteiger partial charge >= 0.3 is 0 Å². The van der Waals surface area contributed by atoms with Crippen LogP contribution in [-0.4, -0.2) is 35.0 Å². The number of carbonyl (C=O) groups excluding carboxylic acids is 1. The molecule has 2 heterocycles. The molecule has 3 rings (SSSR count). The molecule has 6 heteroatoms. The zero-order valence-electron chi connectivity index (χ0n) is 12.1. The van der Waals surface area contributed by atoms with Crippen LogP contribution in [0.1, 0.15) is 23.2 Å². The molecule has 0 bridgehead atoms. The second kappa shape index (κ2) is 6.75. The maximum Gasteiger partial charge on any atom is 0.251 e. The summed E-state index contributed by atoms with van der Waals surface area (Å²) < 4.78 is 0. The zero-order chi connectivity index (χ0) is 15.4. The molecule has 1 aliphatic heterocycles. The van der Waals surface area contributed by atoms with Gasteiger partial charge in [-0.2, -0.15) is 0 Å². The third-order valence-corrected chi connectivity index (χ3v) is 4.02. The number of nitrogens with one attached hydrogen (secondary N) is 1. The predicted molar refractivity (Wildman–Crippen MR) is 86.2 cm³/mol. The van der Waals surface area contributed by atoms with Gasteiger partial charge in [0.1, 0.15) is 0 Å². The van der Waals surface area contributed by atoms with E-state index < -0.39 is 0 Å². The van der Waals surface area contributed by atoms with Gasteiger partial charge < -0.3 is 10.2 Å². The van der Waals surface area contributed by atoms with Crippen LogP contribution in [0.3, 0.4) is 0 Å². The van der Waals surface area contributed by atoms with Crippen LogP contribution in [0.15, 0.2) is 42.7 Å². The van der Waals surface area contributed by atoms with Gasteiger partial charge in [0, 0.05) is 42.1 Å². The maximum absolute atomic E-state index is 12.2. The topological polar surface area (TPSA) is 58.1 Å².